The average molecular weight is 967 g/mol. The molecule has 4 aromatic carbocycles. The lowest BCUT2D eigenvalue weighted by Gasteiger charge is -2.32. The van der Waals surface area contributed by atoms with E-state index in [1.165, 1.54) is 13.2 Å². The van der Waals surface area contributed by atoms with Gasteiger partial charge in [-0.05, 0) is 173 Å². The van der Waals surface area contributed by atoms with Crippen LogP contribution in [0.25, 0.3) is 12.2 Å². The van der Waals surface area contributed by atoms with Crippen LogP contribution < -0.4 is 0 Å². The predicted octanol–water partition coefficient (Wildman–Crippen LogP) is 13.2. The molecular formula is C51H56Cl4N2O8. The quantitative estimate of drug-likeness (QED) is 0.0846. The van der Waals surface area contributed by atoms with Gasteiger partial charge in [0, 0.05) is 45.3 Å². The van der Waals surface area contributed by atoms with E-state index >= 15 is 0 Å². The van der Waals surface area contributed by atoms with Crippen LogP contribution in [0.3, 0.4) is 0 Å². The number of ether oxygens (including phenoxy) is 3. The first kappa shape index (κ1) is 51.0. The molecule has 2 atom stereocenters. The first-order valence-electron chi connectivity index (χ1n) is 21.4. The molecule has 1 N–H and O–H groups in total. The normalized spacial score (nSPS) is 15.5. The van der Waals surface area contributed by atoms with E-state index in [0.717, 1.165) is 76.3 Å². The maximum Gasteiger partial charge on any atom is 0.410 e. The monoisotopic (exact) mass is 964 g/mol. The van der Waals surface area contributed by atoms with Crippen LogP contribution in [-0.4, -0.2) is 70.4 Å². The van der Waals surface area contributed by atoms with Crippen LogP contribution in [0.4, 0.5) is 9.59 Å². The fraction of sp³-hybridized carbons (Fsp3) is 0.373. The maximum atomic E-state index is 13.2. The van der Waals surface area contributed by atoms with Gasteiger partial charge in [-0.15, -0.1) is 0 Å². The molecule has 4 aromatic rings. The van der Waals surface area contributed by atoms with Gasteiger partial charge in [0.25, 0.3) is 0 Å². The zero-order chi connectivity index (χ0) is 47.6. The minimum atomic E-state index is -0.986. The Balaban J connectivity index is 0.000000244. The Labute approximate surface area is 402 Å². The number of carbonyl (C=O) groups is 4. The largest absolute Gasteiger partial charge is 0.478 e. The van der Waals surface area contributed by atoms with E-state index in [1.807, 2.05) is 96.1 Å². The van der Waals surface area contributed by atoms with Crippen LogP contribution in [0.1, 0.15) is 111 Å². The SMILES string of the molecule is CC(C)(C)OC(=O)N(CCc1cc(Cl)cc(Cl)c1)C1CCc2cc(/C=C/C(=O)O)ccc21.COC(=O)/C=C/c1ccc2c(c1)CCC2N(CCc1cc(Cl)cc(Cl)c1)C(=O)OC(C)(C)C. The van der Waals surface area contributed by atoms with E-state index in [9.17, 15) is 19.2 Å². The minimum Gasteiger partial charge on any atom is -0.478 e. The Bertz CT molecular complexity index is 2400. The van der Waals surface area contributed by atoms with Gasteiger partial charge < -0.3 is 29.1 Å². The smallest absolute Gasteiger partial charge is 0.410 e. The molecule has 2 amide bonds. The molecule has 0 spiro atoms. The topological polar surface area (TPSA) is 123 Å². The number of hydrogen-bond acceptors (Lipinski definition) is 7. The van der Waals surface area contributed by atoms with Gasteiger partial charge in [0.05, 0.1) is 19.2 Å². The van der Waals surface area contributed by atoms with E-state index in [1.54, 1.807) is 34.1 Å². The van der Waals surface area contributed by atoms with Crippen molar-refractivity contribution >= 4 is 82.7 Å². The van der Waals surface area contributed by atoms with Crippen LogP contribution >= 0.6 is 46.4 Å². The molecule has 14 heteroatoms. The van der Waals surface area contributed by atoms with Gasteiger partial charge in [0.2, 0.25) is 0 Å². The summed E-state index contributed by atoms with van der Waals surface area (Å²) in [7, 11) is 1.35. The third-order valence-electron chi connectivity index (χ3n) is 10.6. The molecule has 2 aliphatic carbocycles. The van der Waals surface area contributed by atoms with Gasteiger partial charge in [-0.25, -0.2) is 19.2 Å². The summed E-state index contributed by atoms with van der Waals surface area (Å²) in [6, 6.07) is 22.5. The molecule has 0 saturated heterocycles. The van der Waals surface area contributed by atoms with Crippen molar-refractivity contribution in [3.8, 4) is 0 Å². The molecule has 0 radical (unpaired) electrons. The highest BCUT2D eigenvalue weighted by Gasteiger charge is 2.35. The van der Waals surface area contributed by atoms with Crippen molar-refractivity contribution in [3.63, 3.8) is 0 Å². The van der Waals surface area contributed by atoms with Crippen LogP contribution in [-0.2, 0) is 49.5 Å². The fourth-order valence-corrected chi connectivity index (χ4v) is 9.03. The number of halogens is 4. The first-order chi connectivity index (χ1) is 30.6. The van der Waals surface area contributed by atoms with Crippen LogP contribution in [0.5, 0.6) is 0 Å². The van der Waals surface area contributed by atoms with E-state index < -0.39 is 23.1 Å². The lowest BCUT2D eigenvalue weighted by molar-refractivity contribution is -0.135. The van der Waals surface area contributed by atoms with E-state index in [4.69, 9.17) is 61.0 Å². The van der Waals surface area contributed by atoms with Gasteiger partial charge in [-0.2, -0.15) is 0 Å². The first-order valence-corrected chi connectivity index (χ1v) is 22.9. The van der Waals surface area contributed by atoms with Crippen molar-refractivity contribution in [3.05, 3.63) is 150 Å². The number of esters is 1. The highest BCUT2D eigenvalue weighted by molar-refractivity contribution is 6.35. The molecule has 65 heavy (non-hydrogen) atoms. The number of rotatable bonds is 12. The van der Waals surface area contributed by atoms with Gasteiger partial charge in [-0.1, -0.05) is 82.8 Å². The Morgan fingerprint density at radius 3 is 1.35 bits per heavy atom. The number of aliphatic carboxylic acids is 1. The number of benzene rings is 4. The zero-order valence-electron chi connectivity index (χ0n) is 37.8. The molecule has 6 rings (SSSR count). The summed E-state index contributed by atoms with van der Waals surface area (Å²) in [5, 5.41) is 11.1. The molecule has 2 unspecified atom stereocenters. The second-order valence-electron chi connectivity index (χ2n) is 18.0. The van der Waals surface area contributed by atoms with E-state index in [-0.39, 0.29) is 24.3 Å². The number of nitrogens with zero attached hydrogens (tertiary/aromatic N) is 2. The Kier molecular flexibility index (Phi) is 17.6. The Morgan fingerprint density at radius 1 is 0.615 bits per heavy atom. The third kappa shape index (κ3) is 15.6. The number of hydrogen-bond donors (Lipinski definition) is 1. The molecule has 0 saturated carbocycles. The van der Waals surface area contributed by atoms with Crippen LogP contribution in [0.2, 0.25) is 20.1 Å². The summed E-state index contributed by atoms with van der Waals surface area (Å²) in [6.45, 7) is 12.1. The van der Waals surface area contributed by atoms with Crippen molar-refractivity contribution in [2.24, 2.45) is 0 Å². The molecule has 0 bridgehead atoms. The second kappa shape index (κ2) is 22.5. The lowest BCUT2D eigenvalue weighted by atomic mass is 10.0. The summed E-state index contributed by atoms with van der Waals surface area (Å²) in [6.07, 6.45) is 9.52. The number of fused-ring (bicyclic) bond motifs is 2. The number of carboxylic acids is 1. The predicted molar refractivity (Wildman–Crippen MR) is 259 cm³/mol. The molecule has 0 heterocycles. The third-order valence-corrected chi connectivity index (χ3v) is 11.5. The second-order valence-corrected chi connectivity index (χ2v) is 19.7. The van der Waals surface area contributed by atoms with Gasteiger partial charge >= 0.3 is 24.1 Å². The van der Waals surface area contributed by atoms with Gasteiger partial charge in [-0.3, -0.25) is 0 Å². The summed E-state index contributed by atoms with van der Waals surface area (Å²) >= 11 is 24.6. The van der Waals surface area contributed by atoms with Crippen molar-refractivity contribution in [2.45, 2.75) is 103 Å². The molecule has 346 valence electrons. The Morgan fingerprint density at radius 2 is 1.00 bits per heavy atom. The van der Waals surface area contributed by atoms with Crippen molar-refractivity contribution < 1.29 is 38.5 Å². The highest BCUT2D eigenvalue weighted by atomic mass is 35.5. The zero-order valence-corrected chi connectivity index (χ0v) is 40.8. The lowest BCUT2D eigenvalue weighted by Crippen LogP contribution is -2.40. The summed E-state index contributed by atoms with van der Waals surface area (Å²) < 4.78 is 16.1. The van der Waals surface area contributed by atoms with Crippen LogP contribution in [0, 0.1) is 0 Å². The Hall–Kier alpha value is -5.00. The number of carbonyl (C=O) groups excluding carboxylic acids is 3. The van der Waals surface area contributed by atoms with Crippen LogP contribution in [0.15, 0.2) is 84.9 Å². The standard InChI is InChI=1S/C26H29Cl2NO4.C25H27Cl2NO4/c1-26(2,3)33-25(31)29(12-11-18-14-20(27)16-21(28)15-18)23-9-7-19-13-17(5-8-22(19)23)6-10-24(30)32-4;1-25(2,3)32-24(31)28(11-10-17-13-19(26)15-20(27)14-17)22-8-6-18-12-16(4-7-21(18)22)5-9-23(29)30/h5-6,8,10,13-16,23H,7,9,11-12H2,1-4H3;4-5,7,9,12-15,22H,6,8,10-11H2,1-3H3,(H,29,30)/b10-6+;9-5+. The van der Waals surface area contributed by atoms with Crippen molar-refractivity contribution in [1.82, 2.24) is 9.80 Å². The van der Waals surface area contributed by atoms with Crippen molar-refractivity contribution in [2.75, 3.05) is 20.2 Å². The number of amides is 2. The highest BCUT2D eigenvalue weighted by Crippen LogP contribution is 2.39. The van der Waals surface area contributed by atoms with Crippen molar-refractivity contribution in [1.29, 1.82) is 0 Å². The molecule has 0 aromatic heterocycles. The fourth-order valence-electron chi connectivity index (χ4n) is 7.88. The van der Waals surface area contributed by atoms with E-state index in [0.29, 0.717) is 46.0 Å². The molecule has 0 aliphatic heterocycles. The number of methoxy groups -OCH3 is 1. The average Bonchev–Trinajstić information content (AvgIpc) is 3.81. The maximum absolute atomic E-state index is 13.2. The molecular weight excluding hydrogens is 910 g/mol. The van der Waals surface area contributed by atoms with Gasteiger partial charge in [0.1, 0.15) is 11.2 Å². The summed E-state index contributed by atoms with van der Waals surface area (Å²) in [5.74, 6) is -1.38. The van der Waals surface area contributed by atoms with Gasteiger partial charge in [0.15, 0.2) is 0 Å². The molecule has 2 aliphatic rings. The number of aryl methyl sites for hydroxylation is 2. The molecule has 0 fully saturated rings. The number of carboxylic acid groups (broad SMARTS) is 1. The summed E-state index contributed by atoms with van der Waals surface area (Å²) in [4.78, 5) is 52.1. The van der Waals surface area contributed by atoms with E-state index in [2.05, 4.69) is 10.8 Å². The molecule has 10 nitrogen and oxygen atoms in total. The minimum absolute atomic E-state index is 0.0943. The summed E-state index contributed by atoms with van der Waals surface area (Å²) in [5.41, 5.74) is 6.87.